The van der Waals surface area contributed by atoms with E-state index in [1.54, 1.807) is 6.08 Å². The maximum Gasteiger partial charge on any atom is 2.00 e. The molecule has 1 aromatic rings. The molecule has 0 atom stereocenters. The van der Waals surface area contributed by atoms with E-state index < -0.39 is 0 Å². The van der Waals surface area contributed by atoms with Crippen molar-refractivity contribution in [1.29, 1.82) is 0 Å². The number of hydrogen-bond donors (Lipinski definition) is 1. The second kappa shape index (κ2) is 8.80. The molecule has 2 nitrogen and oxygen atoms in total. The zero-order chi connectivity index (χ0) is 11.8. The molecular formula is C14H17FeNO. The molecule has 17 heavy (non-hydrogen) atoms. The Morgan fingerprint density at radius 3 is 2.41 bits per heavy atom. The number of nitrogens with two attached hydrogens (primary N) is 1. The normalized spacial score (nSPS) is 15.5. The molecule has 3 heteroatoms. The van der Waals surface area contributed by atoms with Crippen molar-refractivity contribution in [3.05, 3.63) is 65.6 Å². The van der Waals surface area contributed by atoms with Crippen LogP contribution in [0.15, 0.2) is 65.6 Å². The van der Waals surface area contributed by atoms with Crippen molar-refractivity contribution in [2.75, 3.05) is 0 Å². The average Bonchev–Trinajstić information content (AvgIpc) is 2.91. The Morgan fingerprint density at radius 2 is 2.00 bits per heavy atom. The quantitative estimate of drug-likeness (QED) is 0.509. The molecule has 0 heterocycles. The summed E-state index contributed by atoms with van der Waals surface area (Å²) in [4.78, 5) is 0. The molecule has 0 unspecified atom stereocenters. The molecule has 0 bridgehead atoms. The van der Waals surface area contributed by atoms with Crippen LogP contribution in [0.4, 0.5) is 0 Å². The van der Waals surface area contributed by atoms with Gasteiger partial charge in [0.1, 0.15) is 0 Å². The number of rotatable bonds is 2. The monoisotopic (exact) mass is 271 g/mol. The Labute approximate surface area is 113 Å². The molecule has 1 aromatic carbocycles. The van der Waals surface area contributed by atoms with Crippen molar-refractivity contribution < 1.29 is 22.2 Å². The fraction of sp³-hybridized carbons (Fsp3) is 0.214. The molecular weight excluding hydrogens is 254 g/mol. The zero-order valence-corrected chi connectivity index (χ0v) is 11.0. The summed E-state index contributed by atoms with van der Waals surface area (Å²) in [6, 6.07) is 10.0. The number of allylic oxidation sites excluding steroid dienone is 5. The summed E-state index contributed by atoms with van der Waals surface area (Å²) < 4.78 is 0. The molecule has 0 saturated heterocycles. The summed E-state index contributed by atoms with van der Waals surface area (Å²) in [5.41, 5.74) is 6.89. The van der Waals surface area contributed by atoms with E-state index >= 15 is 0 Å². The largest absolute Gasteiger partial charge is 2.00 e. The van der Waals surface area contributed by atoms with Crippen LogP contribution in [0, 0.1) is 0 Å². The van der Waals surface area contributed by atoms with Gasteiger partial charge in [-0.2, -0.15) is 18.2 Å². The first-order chi connectivity index (χ1) is 7.75. The van der Waals surface area contributed by atoms with Gasteiger partial charge < -0.3 is 10.8 Å². The van der Waals surface area contributed by atoms with Gasteiger partial charge in [0, 0.05) is 0 Å². The second-order valence-electron chi connectivity index (χ2n) is 3.54. The summed E-state index contributed by atoms with van der Waals surface area (Å²) in [6.07, 6.45) is 7.57. The van der Waals surface area contributed by atoms with Crippen LogP contribution in [-0.4, -0.2) is 0 Å². The molecule has 0 amide bonds. The Kier molecular flexibility index (Phi) is 8.12. The van der Waals surface area contributed by atoms with E-state index in [1.807, 2.05) is 42.5 Å². The van der Waals surface area contributed by atoms with E-state index in [0.29, 0.717) is 5.57 Å². The van der Waals surface area contributed by atoms with Crippen molar-refractivity contribution in [3.63, 3.8) is 0 Å². The summed E-state index contributed by atoms with van der Waals surface area (Å²) in [7, 11) is 0. The second-order valence-corrected chi connectivity index (χ2v) is 3.54. The molecule has 1 aliphatic carbocycles. The van der Waals surface area contributed by atoms with Gasteiger partial charge in [-0.3, -0.25) is 0 Å². The summed E-state index contributed by atoms with van der Waals surface area (Å²) in [6.45, 7) is 2.08. The third-order valence-corrected chi connectivity index (χ3v) is 2.25. The van der Waals surface area contributed by atoms with E-state index in [2.05, 4.69) is 6.92 Å². The van der Waals surface area contributed by atoms with Crippen LogP contribution in [0.1, 0.15) is 19.8 Å². The molecule has 0 fully saturated rings. The van der Waals surface area contributed by atoms with Crippen LogP contribution in [0.2, 0.25) is 0 Å². The van der Waals surface area contributed by atoms with Crippen molar-refractivity contribution >= 4 is 0 Å². The smallest absolute Gasteiger partial charge is 0.860 e. The number of hydrogen-bond acceptors (Lipinski definition) is 2. The zero-order valence-electron chi connectivity index (χ0n) is 9.87. The van der Waals surface area contributed by atoms with Gasteiger partial charge in [-0.1, -0.05) is 31.6 Å². The third-order valence-electron chi connectivity index (χ3n) is 2.25. The Morgan fingerprint density at radius 1 is 1.35 bits per heavy atom. The van der Waals surface area contributed by atoms with E-state index in [-0.39, 0.29) is 23.0 Å². The van der Waals surface area contributed by atoms with Gasteiger partial charge in [0.25, 0.3) is 0 Å². The Bertz CT molecular complexity index is 367. The molecule has 0 aromatic heterocycles. The predicted molar refractivity (Wildman–Crippen MR) is 65.4 cm³/mol. The Hall–Kier alpha value is -1.31. The summed E-state index contributed by atoms with van der Waals surface area (Å²) in [5, 5.41) is 10.8. The Balaban J connectivity index is 0.000000360. The average molecular weight is 271 g/mol. The fourth-order valence-electron chi connectivity index (χ4n) is 1.51. The van der Waals surface area contributed by atoms with Crippen LogP contribution >= 0.6 is 0 Å². The standard InChI is InChI=1S/C9H13NO.C5H5.Fe/c1-2-4-7-5-3-6-8(7)9(10)11;1-2-4-5-3-1;/h3,5-6,11H,2,4,10H2,1H3;1-5H;/q;-1;+2/p-1. The van der Waals surface area contributed by atoms with Crippen LogP contribution in [0.5, 0.6) is 0 Å². The minimum Gasteiger partial charge on any atom is -0.860 e. The minimum absolute atomic E-state index is 0. The third kappa shape index (κ3) is 5.53. The maximum absolute atomic E-state index is 10.8. The van der Waals surface area contributed by atoms with E-state index in [1.165, 1.54) is 0 Å². The van der Waals surface area contributed by atoms with Gasteiger partial charge in [-0.25, -0.2) is 12.1 Å². The van der Waals surface area contributed by atoms with Crippen LogP contribution in [0.25, 0.3) is 0 Å². The first kappa shape index (κ1) is 15.7. The van der Waals surface area contributed by atoms with Gasteiger partial charge in [-0.05, 0) is 23.5 Å². The van der Waals surface area contributed by atoms with Crippen LogP contribution in [-0.2, 0) is 17.1 Å². The minimum atomic E-state index is -0.321. The molecule has 2 rings (SSSR count). The van der Waals surface area contributed by atoms with Gasteiger partial charge in [0.15, 0.2) is 0 Å². The molecule has 1 aliphatic rings. The summed E-state index contributed by atoms with van der Waals surface area (Å²) in [5.74, 6) is -0.321. The maximum atomic E-state index is 10.8. The molecule has 92 valence electrons. The van der Waals surface area contributed by atoms with E-state index in [4.69, 9.17) is 5.73 Å². The predicted octanol–water partition coefficient (Wildman–Crippen LogP) is 2.22. The topological polar surface area (TPSA) is 49.1 Å². The van der Waals surface area contributed by atoms with Crippen molar-refractivity contribution in [1.82, 2.24) is 0 Å². The molecule has 0 aliphatic heterocycles. The summed E-state index contributed by atoms with van der Waals surface area (Å²) >= 11 is 0. The van der Waals surface area contributed by atoms with Gasteiger partial charge in [0.2, 0.25) is 0 Å². The van der Waals surface area contributed by atoms with Crippen LogP contribution < -0.4 is 10.8 Å². The van der Waals surface area contributed by atoms with E-state index in [0.717, 1.165) is 18.4 Å². The first-order valence-corrected chi connectivity index (χ1v) is 5.46. The molecule has 0 saturated carbocycles. The van der Waals surface area contributed by atoms with Crippen molar-refractivity contribution in [3.8, 4) is 0 Å². The molecule has 2 N–H and O–H groups in total. The van der Waals surface area contributed by atoms with Crippen molar-refractivity contribution in [2.45, 2.75) is 19.8 Å². The first-order valence-electron chi connectivity index (χ1n) is 5.46. The fourth-order valence-corrected chi connectivity index (χ4v) is 1.51. The van der Waals surface area contributed by atoms with Crippen molar-refractivity contribution in [2.24, 2.45) is 5.73 Å². The van der Waals surface area contributed by atoms with Crippen LogP contribution in [0.3, 0.4) is 0 Å². The molecule has 0 radical (unpaired) electrons. The van der Waals surface area contributed by atoms with Gasteiger partial charge in [0.05, 0.1) is 0 Å². The SMILES string of the molecule is CCCC1=CC=CC1=C(N)[O-].[Fe+2].c1cc[cH-]c1. The van der Waals surface area contributed by atoms with E-state index in [9.17, 15) is 5.11 Å². The molecule has 0 spiro atoms. The van der Waals surface area contributed by atoms with Gasteiger partial charge >= 0.3 is 17.1 Å². The van der Waals surface area contributed by atoms with Gasteiger partial charge in [-0.15, -0.1) is 0 Å².